The molecule has 24 heavy (non-hydrogen) atoms. The van der Waals surface area contributed by atoms with Gasteiger partial charge in [0, 0.05) is 29.2 Å². The van der Waals surface area contributed by atoms with Gasteiger partial charge in [-0.05, 0) is 26.0 Å². The zero-order valence-corrected chi connectivity index (χ0v) is 15.4. The predicted octanol–water partition coefficient (Wildman–Crippen LogP) is 2.72. The molecule has 2 aromatic rings. The Morgan fingerprint density at radius 3 is 2.71 bits per heavy atom. The van der Waals surface area contributed by atoms with Gasteiger partial charge in [0.15, 0.2) is 5.96 Å². The largest absolute Gasteiger partial charge is 0.497 e. The van der Waals surface area contributed by atoms with Crippen molar-refractivity contribution in [2.45, 2.75) is 26.9 Å². The number of hydrogen-bond donors (Lipinski definition) is 2. The summed E-state index contributed by atoms with van der Waals surface area (Å²) in [7, 11) is 3.29. The van der Waals surface area contributed by atoms with Crippen LogP contribution in [0.2, 0.25) is 0 Å². The summed E-state index contributed by atoms with van der Waals surface area (Å²) in [4.78, 5) is 10.2. The molecule has 0 aliphatic carbocycles. The third-order valence-electron chi connectivity index (χ3n) is 3.32. The molecule has 0 aliphatic heterocycles. The molecule has 1 aromatic carbocycles. The fourth-order valence-corrected chi connectivity index (χ4v) is 2.86. The van der Waals surface area contributed by atoms with Crippen LogP contribution in [-0.4, -0.2) is 31.7 Å². The van der Waals surface area contributed by atoms with Crippen LogP contribution in [-0.2, 0) is 13.1 Å². The summed E-state index contributed by atoms with van der Waals surface area (Å²) in [5.41, 5.74) is 1.00. The lowest BCUT2D eigenvalue weighted by atomic mass is 10.2. The van der Waals surface area contributed by atoms with Gasteiger partial charge in [-0.15, -0.1) is 11.3 Å². The Bertz CT molecular complexity index is 685. The molecule has 0 spiro atoms. The van der Waals surface area contributed by atoms with Gasteiger partial charge in [-0.2, -0.15) is 0 Å². The van der Waals surface area contributed by atoms with Crippen molar-refractivity contribution in [2.75, 3.05) is 20.8 Å². The van der Waals surface area contributed by atoms with E-state index in [2.05, 4.69) is 27.5 Å². The highest BCUT2D eigenvalue weighted by molar-refractivity contribution is 7.11. The van der Waals surface area contributed by atoms with E-state index in [0.29, 0.717) is 13.1 Å². The number of thiazole rings is 1. The van der Waals surface area contributed by atoms with Crippen molar-refractivity contribution < 1.29 is 9.47 Å². The van der Waals surface area contributed by atoms with Gasteiger partial charge >= 0.3 is 0 Å². The van der Waals surface area contributed by atoms with E-state index in [9.17, 15) is 0 Å². The molecule has 0 bridgehead atoms. The Hall–Kier alpha value is -2.28. The molecule has 1 aromatic heterocycles. The van der Waals surface area contributed by atoms with Gasteiger partial charge in [0.2, 0.25) is 0 Å². The lowest BCUT2D eigenvalue weighted by molar-refractivity contribution is 0.391. The topological polar surface area (TPSA) is 67.8 Å². The molecule has 2 N–H and O–H groups in total. The quantitative estimate of drug-likeness (QED) is 0.595. The van der Waals surface area contributed by atoms with E-state index in [1.165, 1.54) is 4.88 Å². The van der Waals surface area contributed by atoms with E-state index >= 15 is 0 Å². The van der Waals surface area contributed by atoms with Crippen LogP contribution >= 0.6 is 11.3 Å². The highest BCUT2D eigenvalue weighted by Gasteiger charge is 2.06. The summed E-state index contributed by atoms with van der Waals surface area (Å²) >= 11 is 1.68. The van der Waals surface area contributed by atoms with Gasteiger partial charge in [-0.1, -0.05) is 0 Å². The van der Waals surface area contributed by atoms with Gasteiger partial charge in [0.05, 0.1) is 27.3 Å². The van der Waals surface area contributed by atoms with Crippen molar-refractivity contribution >= 4 is 17.3 Å². The number of guanidine groups is 1. The van der Waals surface area contributed by atoms with Crippen LogP contribution in [0.3, 0.4) is 0 Å². The van der Waals surface area contributed by atoms with Crippen LogP contribution in [0.5, 0.6) is 11.5 Å². The lowest BCUT2D eigenvalue weighted by Gasteiger charge is -2.12. The zero-order chi connectivity index (χ0) is 17.4. The Kier molecular flexibility index (Phi) is 6.87. The van der Waals surface area contributed by atoms with Crippen molar-refractivity contribution in [3.05, 3.63) is 39.8 Å². The highest BCUT2D eigenvalue weighted by atomic mass is 32.1. The first-order chi connectivity index (χ1) is 11.7. The first kappa shape index (κ1) is 18.1. The first-order valence-corrected chi connectivity index (χ1v) is 8.62. The van der Waals surface area contributed by atoms with Crippen LogP contribution in [0.1, 0.15) is 22.4 Å². The van der Waals surface area contributed by atoms with Crippen LogP contribution in [0.25, 0.3) is 0 Å². The predicted molar refractivity (Wildman–Crippen MR) is 98.1 cm³/mol. The number of aryl methyl sites for hydroxylation is 1. The van der Waals surface area contributed by atoms with E-state index in [-0.39, 0.29) is 0 Å². The van der Waals surface area contributed by atoms with Crippen molar-refractivity contribution in [3.63, 3.8) is 0 Å². The average molecular weight is 348 g/mol. The third kappa shape index (κ3) is 5.13. The monoisotopic (exact) mass is 348 g/mol. The normalized spacial score (nSPS) is 11.2. The number of aliphatic imine (C=N–C) groups is 1. The minimum absolute atomic E-state index is 0.513. The van der Waals surface area contributed by atoms with Gasteiger partial charge in [0.25, 0.3) is 0 Å². The number of rotatable bonds is 7. The molecule has 0 aliphatic rings. The average Bonchev–Trinajstić information content (AvgIpc) is 3.02. The van der Waals surface area contributed by atoms with Crippen molar-refractivity contribution in [1.29, 1.82) is 0 Å². The molecule has 6 nitrogen and oxygen atoms in total. The second kappa shape index (κ2) is 9.12. The first-order valence-electron chi connectivity index (χ1n) is 7.80. The van der Waals surface area contributed by atoms with E-state index in [0.717, 1.165) is 34.6 Å². The molecule has 0 amide bonds. The maximum atomic E-state index is 5.41. The minimum atomic E-state index is 0.513. The van der Waals surface area contributed by atoms with Crippen LogP contribution in [0, 0.1) is 6.92 Å². The minimum Gasteiger partial charge on any atom is -0.497 e. The summed E-state index contributed by atoms with van der Waals surface area (Å²) in [6.45, 7) is 6.06. The standard InChI is InChI=1S/C17H24N4O2S/c1-5-18-17(21-11-16-19-9-12(2)24-16)20-10-13-6-7-14(22-3)8-15(13)23-4/h6-9H,5,10-11H2,1-4H3,(H2,18,20,21). The zero-order valence-electron chi connectivity index (χ0n) is 14.5. The maximum Gasteiger partial charge on any atom is 0.191 e. The summed E-state index contributed by atoms with van der Waals surface area (Å²) in [6, 6.07) is 5.74. The number of aromatic nitrogens is 1. The molecule has 2 rings (SSSR count). The van der Waals surface area contributed by atoms with Crippen LogP contribution in [0.15, 0.2) is 29.4 Å². The second-order valence-corrected chi connectivity index (χ2v) is 6.41. The molecule has 0 unspecified atom stereocenters. The lowest BCUT2D eigenvalue weighted by Crippen LogP contribution is -2.36. The summed E-state index contributed by atoms with van der Waals surface area (Å²) in [5.74, 6) is 2.29. The van der Waals surface area contributed by atoms with Crippen molar-refractivity contribution in [2.24, 2.45) is 4.99 Å². The molecule has 7 heteroatoms. The Labute approximate surface area is 146 Å². The SMILES string of the molecule is CCNC(=NCc1ccc(OC)cc1OC)NCc1ncc(C)s1. The fourth-order valence-electron chi connectivity index (χ4n) is 2.13. The molecule has 1 heterocycles. The van der Waals surface area contributed by atoms with Crippen LogP contribution in [0.4, 0.5) is 0 Å². The van der Waals surface area contributed by atoms with Crippen molar-refractivity contribution in [1.82, 2.24) is 15.6 Å². The number of methoxy groups -OCH3 is 2. The summed E-state index contributed by atoms with van der Waals surface area (Å²) in [6.07, 6.45) is 1.88. The maximum absolute atomic E-state index is 5.41. The molecular weight excluding hydrogens is 324 g/mol. The summed E-state index contributed by atoms with van der Waals surface area (Å²) < 4.78 is 10.6. The van der Waals surface area contributed by atoms with Gasteiger partial charge < -0.3 is 20.1 Å². The van der Waals surface area contributed by atoms with Gasteiger partial charge in [-0.3, -0.25) is 0 Å². The Balaban J connectivity index is 2.04. The fraction of sp³-hybridized carbons (Fsp3) is 0.412. The number of benzene rings is 1. The third-order valence-corrected chi connectivity index (χ3v) is 4.23. The van der Waals surface area contributed by atoms with E-state index in [1.54, 1.807) is 25.6 Å². The van der Waals surface area contributed by atoms with Gasteiger partial charge in [0.1, 0.15) is 16.5 Å². The molecule has 0 saturated heterocycles. The number of nitrogens with one attached hydrogen (secondary N) is 2. The van der Waals surface area contributed by atoms with E-state index < -0.39 is 0 Å². The van der Waals surface area contributed by atoms with Crippen molar-refractivity contribution in [3.8, 4) is 11.5 Å². The molecule has 0 radical (unpaired) electrons. The van der Waals surface area contributed by atoms with Gasteiger partial charge in [-0.25, -0.2) is 9.98 Å². The second-order valence-electron chi connectivity index (χ2n) is 5.09. The number of nitrogens with zero attached hydrogens (tertiary/aromatic N) is 2. The number of hydrogen-bond acceptors (Lipinski definition) is 5. The Morgan fingerprint density at radius 2 is 2.08 bits per heavy atom. The number of ether oxygens (including phenoxy) is 2. The van der Waals surface area contributed by atoms with E-state index in [4.69, 9.17) is 9.47 Å². The Morgan fingerprint density at radius 1 is 1.25 bits per heavy atom. The molecule has 0 atom stereocenters. The van der Waals surface area contributed by atoms with E-state index in [1.807, 2.05) is 31.3 Å². The summed E-state index contributed by atoms with van der Waals surface area (Å²) in [5, 5.41) is 7.58. The highest BCUT2D eigenvalue weighted by Crippen LogP contribution is 2.25. The molecule has 0 saturated carbocycles. The smallest absolute Gasteiger partial charge is 0.191 e. The molecular formula is C17H24N4O2S. The molecule has 130 valence electrons. The van der Waals surface area contributed by atoms with Crippen LogP contribution < -0.4 is 20.1 Å². The molecule has 0 fully saturated rings.